The molecule has 1 N–H and O–H groups in total. The van der Waals surface area contributed by atoms with Gasteiger partial charge in [-0.1, -0.05) is 12.1 Å². The number of benzene rings is 2. The van der Waals surface area contributed by atoms with Gasteiger partial charge in [0, 0.05) is 11.6 Å². The third-order valence-corrected chi connectivity index (χ3v) is 4.43. The lowest BCUT2D eigenvalue weighted by atomic mass is 10.1. The van der Waals surface area contributed by atoms with Gasteiger partial charge in [0.05, 0.1) is 27.9 Å². The van der Waals surface area contributed by atoms with Crippen LogP contribution in [-0.2, 0) is 16.1 Å². The summed E-state index contributed by atoms with van der Waals surface area (Å²) >= 11 is 0. The summed E-state index contributed by atoms with van der Waals surface area (Å²) in [6, 6.07) is 11.2. The Morgan fingerprint density at radius 1 is 0.897 bits per heavy atom. The molecule has 0 unspecified atom stereocenters. The Balaban J connectivity index is 1.91. The second-order valence-electron chi connectivity index (χ2n) is 6.16. The summed E-state index contributed by atoms with van der Waals surface area (Å²) in [7, 11) is 4.54. The van der Waals surface area contributed by atoms with Crippen LogP contribution in [0.3, 0.4) is 0 Å². The van der Waals surface area contributed by atoms with E-state index in [4.69, 9.17) is 14.2 Å². The number of hydrogen-bond acceptors (Lipinski definition) is 6. The number of imide groups is 2. The summed E-state index contributed by atoms with van der Waals surface area (Å²) in [6.07, 6.45) is 1.39. The van der Waals surface area contributed by atoms with Crippen molar-refractivity contribution in [1.82, 2.24) is 10.2 Å². The van der Waals surface area contributed by atoms with E-state index in [1.807, 2.05) is 0 Å². The number of rotatable bonds is 6. The predicted molar refractivity (Wildman–Crippen MR) is 105 cm³/mol. The van der Waals surface area contributed by atoms with Gasteiger partial charge in [-0.2, -0.15) is 0 Å². The van der Waals surface area contributed by atoms with Crippen LogP contribution in [0.1, 0.15) is 11.1 Å². The second-order valence-corrected chi connectivity index (χ2v) is 6.16. The minimum absolute atomic E-state index is 0.0129. The average molecular weight is 396 g/mol. The van der Waals surface area contributed by atoms with Gasteiger partial charge in [0.25, 0.3) is 11.8 Å². The van der Waals surface area contributed by atoms with Crippen LogP contribution in [0.5, 0.6) is 17.2 Å². The Hall–Kier alpha value is -3.81. The topological polar surface area (TPSA) is 94.2 Å². The Kier molecular flexibility index (Phi) is 5.82. The Morgan fingerprint density at radius 3 is 2.17 bits per heavy atom. The van der Waals surface area contributed by atoms with Crippen LogP contribution < -0.4 is 19.5 Å². The van der Waals surface area contributed by atoms with Gasteiger partial charge in [-0.05, 0) is 35.9 Å². The van der Waals surface area contributed by atoms with Gasteiger partial charge in [-0.25, -0.2) is 4.79 Å². The highest BCUT2D eigenvalue weighted by Gasteiger charge is 2.35. The molecule has 2 aromatic rings. The molecule has 1 saturated heterocycles. The molecule has 2 aromatic carbocycles. The third kappa shape index (κ3) is 4.21. The predicted octanol–water partition coefficient (Wildman–Crippen LogP) is 2.37. The molecule has 0 saturated carbocycles. The fraction of sp³-hybridized carbons (Fsp3) is 0.190. The van der Waals surface area contributed by atoms with Crippen molar-refractivity contribution in [1.29, 1.82) is 0 Å². The van der Waals surface area contributed by atoms with E-state index in [2.05, 4.69) is 5.32 Å². The Bertz CT molecular complexity index is 981. The lowest BCUT2D eigenvalue weighted by Gasteiger charge is -2.26. The fourth-order valence-corrected chi connectivity index (χ4v) is 2.84. The molecule has 29 heavy (non-hydrogen) atoms. The smallest absolute Gasteiger partial charge is 0.331 e. The summed E-state index contributed by atoms with van der Waals surface area (Å²) < 4.78 is 15.6. The van der Waals surface area contributed by atoms with Crippen LogP contribution in [0.2, 0.25) is 0 Å². The summed E-state index contributed by atoms with van der Waals surface area (Å²) in [6.45, 7) is 0.0129. The van der Waals surface area contributed by atoms with Gasteiger partial charge in [0.1, 0.15) is 22.8 Å². The highest BCUT2D eigenvalue weighted by atomic mass is 16.5. The minimum atomic E-state index is -0.769. The molecule has 4 amide bonds. The fourth-order valence-electron chi connectivity index (χ4n) is 2.84. The normalized spacial score (nSPS) is 15.3. The average Bonchev–Trinajstić information content (AvgIpc) is 2.74. The summed E-state index contributed by atoms with van der Waals surface area (Å²) in [4.78, 5) is 38.4. The molecular formula is C21H20N2O6. The van der Waals surface area contributed by atoms with Crippen LogP contribution in [-0.4, -0.2) is 44.1 Å². The number of amides is 4. The molecule has 8 nitrogen and oxygen atoms in total. The van der Waals surface area contributed by atoms with E-state index in [9.17, 15) is 14.4 Å². The van der Waals surface area contributed by atoms with Crippen LogP contribution in [0.15, 0.2) is 48.0 Å². The van der Waals surface area contributed by atoms with Gasteiger partial charge in [0.15, 0.2) is 0 Å². The third-order valence-electron chi connectivity index (χ3n) is 4.43. The SMILES string of the molecule is COc1ccc(CN2C(=O)NC(=O)C(=Cc3ccc(OC)cc3OC)C2=O)cc1. The second kappa shape index (κ2) is 8.47. The zero-order valence-electron chi connectivity index (χ0n) is 16.2. The standard InChI is InChI=1S/C21H20N2O6/c1-27-15-7-4-13(5-8-15)12-23-20(25)17(19(24)22-21(23)26)10-14-6-9-16(28-2)11-18(14)29-3/h4-11H,12H2,1-3H3,(H,22,24,26). The number of carbonyl (C=O) groups is 3. The number of ether oxygens (including phenoxy) is 3. The maximum absolute atomic E-state index is 12.9. The molecule has 1 aliphatic rings. The zero-order valence-corrected chi connectivity index (χ0v) is 16.2. The van der Waals surface area contributed by atoms with Crippen molar-refractivity contribution >= 4 is 23.9 Å². The van der Waals surface area contributed by atoms with Crippen LogP contribution in [0, 0.1) is 0 Å². The molecule has 0 atom stereocenters. The molecule has 0 radical (unpaired) electrons. The number of methoxy groups -OCH3 is 3. The first-order valence-corrected chi connectivity index (χ1v) is 8.70. The van der Waals surface area contributed by atoms with Crippen LogP contribution >= 0.6 is 0 Å². The van der Waals surface area contributed by atoms with Gasteiger partial charge in [-0.15, -0.1) is 0 Å². The maximum Gasteiger partial charge on any atom is 0.331 e. The first-order valence-electron chi connectivity index (χ1n) is 8.70. The number of nitrogens with one attached hydrogen (secondary N) is 1. The van der Waals surface area contributed by atoms with E-state index < -0.39 is 17.8 Å². The van der Waals surface area contributed by atoms with Crippen LogP contribution in [0.25, 0.3) is 6.08 Å². The summed E-state index contributed by atoms with van der Waals surface area (Å²) in [5.41, 5.74) is 1.05. The van der Waals surface area contributed by atoms with Gasteiger partial charge < -0.3 is 14.2 Å². The van der Waals surface area contributed by atoms with Gasteiger partial charge in [-0.3, -0.25) is 19.8 Å². The van der Waals surface area contributed by atoms with Crippen molar-refractivity contribution in [2.75, 3.05) is 21.3 Å². The lowest BCUT2D eigenvalue weighted by Crippen LogP contribution is -2.53. The molecule has 0 aliphatic carbocycles. The van der Waals surface area contributed by atoms with E-state index in [1.165, 1.54) is 20.3 Å². The number of nitrogens with zero attached hydrogens (tertiary/aromatic N) is 1. The zero-order chi connectivity index (χ0) is 21.0. The molecule has 3 rings (SSSR count). The number of carbonyl (C=O) groups excluding carboxylic acids is 3. The van der Waals surface area contributed by atoms with E-state index in [0.717, 1.165) is 4.90 Å². The Morgan fingerprint density at radius 2 is 1.55 bits per heavy atom. The molecule has 0 spiro atoms. The van der Waals surface area contributed by atoms with Crippen molar-refractivity contribution in [3.63, 3.8) is 0 Å². The minimum Gasteiger partial charge on any atom is -0.497 e. The van der Waals surface area contributed by atoms with Crippen LogP contribution in [0.4, 0.5) is 4.79 Å². The first-order chi connectivity index (χ1) is 14.0. The molecule has 0 bridgehead atoms. The largest absolute Gasteiger partial charge is 0.497 e. The number of hydrogen-bond donors (Lipinski definition) is 1. The molecule has 1 heterocycles. The van der Waals surface area contributed by atoms with E-state index in [-0.39, 0.29) is 12.1 Å². The molecular weight excluding hydrogens is 376 g/mol. The van der Waals surface area contributed by atoms with Crippen molar-refractivity contribution in [3.05, 3.63) is 59.2 Å². The van der Waals surface area contributed by atoms with E-state index >= 15 is 0 Å². The van der Waals surface area contributed by atoms with Crippen molar-refractivity contribution in [3.8, 4) is 17.2 Å². The summed E-state index contributed by atoms with van der Waals surface area (Å²) in [5.74, 6) is 0.206. The molecule has 1 aliphatic heterocycles. The molecule has 0 aromatic heterocycles. The Labute approximate surface area is 167 Å². The lowest BCUT2D eigenvalue weighted by molar-refractivity contribution is -0.130. The summed E-state index contributed by atoms with van der Waals surface area (Å²) in [5, 5.41) is 2.20. The van der Waals surface area contributed by atoms with Crippen molar-refractivity contribution in [2.24, 2.45) is 0 Å². The molecule has 8 heteroatoms. The van der Waals surface area contributed by atoms with Crippen molar-refractivity contribution in [2.45, 2.75) is 6.54 Å². The van der Waals surface area contributed by atoms with Gasteiger partial charge in [0.2, 0.25) is 0 Å². The highest BCUT2D eigenvalue weighted by Crippen LogP contribution is 2.27. The quantitative estimate of drug-likeness (QED) is 0.595. The number of barbiturate groups is 1. The molecule has 150 valence electrons. The van der Waals surface area contributed by atoms with Crippen molar-refractivity contribution < 1.29 is 28.6 Å². The highest BCUT2D eigenvalue weighted by molar-refractivity contribution is 6.31. The number of urea groups is 1. The van der Waals surface area contributed by atoms with E-state index in [1.54, 1.807) is 49.6 Å². The first kappa shape index (κ1) is 19.9. The monoisotopic (exact) mass is 396 g/mol. The van der Waals surface area contributed by atoms with E-state index in [0.29, 0.717) is 28.4 Å². The van der Waals surface area contributed by atoms with Gasteiger partial charge >= 0.3 is 6.03 Å². The molecule has 1 fully saturated rings. The maximum atomic E-state index is 12.9.